The van der Waals surface area contributed by atoms with E-state index in [0.717, 1.165) is 5.56 Å². The number of nitrogens with one attached hydrogen (secondary N) is 1. The highest BCUT2D eigenvalue weighted by molar-refractivity contribution is 6.30. The van der Waals surface area contributed by atoms with Crippen molar-refractivity contribution in [2.24, 2.45) is 0 Å². The van der Waals surface area contributed by atoms with Gasteiger partial charge in [-0.05, 0) is 67.4 Å². The Morgan fingerprint density at radius 2 is 1.72 bits per heavy atom. The van der Waals surface area contributed by atoms with E-state index in [1.54, 1.807) is 67.6 Å². The van der Waals surface area contributed by atoms with Crippen molar-refractivity contribution in [2.75, 3.05) is 6.54 Å². The summed E-state index contributed by atoms with van der Waals surface area (Å²) < 4.78 is 10.9. The molecule has 32 heavy (non-hydrogen) atoms. The Labute approximate surface area is 191 Å². The lowest BCUT2D eigenvalue weighted by atomic mass is 10.1. The number of carbonyl (C=O) groups excluding carboxylic acids is 2. The molecule has 1 amide bonds. The number of para-hydroxylation sites is 1. The Bertz CT molecular complexity index is 1120. The van der Waals surface area contributed by atoms with Crippen LogP contribution >= 0.6 is 11.6 Å². The molecular weight excluding hydrogens is 428 g/mol. The van der Waals surface area contributed by atoms with Crippen LogP contribution in [-0.2, 0) is 11.2 Å². The largest absolute Gasteiger partial charge is 0.478 e. The van der Waals surface area contributed by atoms with Gasteiger partial charge in [-0.1, -0.05) is 35.9 Å². The van der Waals surface area contributed by atoms with E-state index >= 15 is 0 Å². The summed E-state index contributed by atoms with van der Waals surface area (Å²) in [6.07, 6.45) is -0.259. The normalized spacial score (nSPS) is 11.2. The number of hydrogen-bond acceptors (Lipinski definition) is 5. The van der Waals surface area contributed by atoms with Crippen LogP contribution in [0, 0.1) is 11.3 Å². The molecule has 7 heteroatoms. The van der Waals surface area contributed by atoms with Crippen molar-refractivity contribution >= 4 is 23.5 Å². The molecule has 3 aromatic carbocycles. The zero-order chi connectivity index (χ0) is 22.9. The Morgan fingerprint density at radius 3 is 2.41 bits per heavy atom. The maximum atomic E-state index is 12.3. The number of rotatable bonds is 8. The minimum atomic E-state index is -0.882. The van der Waals surface area contributed by atoms with Crippen LogP contribution in [0.3, 0.4) is 0 Å². The molecule has 6 nitrogen and oxygen atoms in total. The first kappa shape index (κ1) is 22.9. The van der Waals surface area contributed by atoms with E-state index in [-0.39, 0.29) is 5.91 Å². The number of hydrogen-bond donors (Lipinski definition) is 1. The van der Waals surface area contributed by atoms with Crippen molar-refractivity contribution in [1.82, 2.24) is 5.32 Å². The van der Waals surface area contributed by atoms with E-state index in [1.807, 2.05) is 18.2 Å². The third kappa shape index (κ3) is 6.34. The number of halogens is 1. The molecule has 0 aliphatic heterocycles. The van der Waals surface area contributed by atoms with Crippen molar-refractivity contribution in [2.45, 2.75) is 19.4 Å². The zero-order valence-electron chi connectivity index (χ0n) is 17.4. The average Bonchev–Trinajstić information content (AvgIpc) is 2.81. The van der Waals surface area contributed by atoms with E-state index in [4.69, 9.17) is 26.3 Å². The lowest BCUT2D eigenvalue weighted by Crippen LogP contribution is -2.28. The van der Waals surface area contributed by atoms with Gasteiger partial charge in [0.1, 0.15) is 17.6 Å². The molecule has 3 aromatic rings. The summed E-state index contributed by atoms with van der Waals surface area (Å²) in [5.74, 6) is -0.0247. The molecule has 0 spiro atoms. The first-order valence-corrected chi connectivity index (χ1v) is 10.3. The fraction of sp³-hybridized carbons (Fsp3) is 0.160. The fourth-order valence-corrected chi connectivity index (χ4v) is 2.97. The summed E-state index contributed by atoms with van der Waals surface area (Å²) in [6, 6.07) is 22.4. The van der Waals surface area contributed by atoms with Gasteiger partial charge in [0.05, 0.1) is 5.56 Å². The molecule has 0 saturated carbocycles. The minimum absolute atomic E-state index is 0.167. The van der Waals surface area contributed by atoms with Crippen molar-refractivity contribution in [3.63, 3.8) is 0 Å². The second kappa shape index (κ2) is 11.0. The van der Waals surface area contributed by atoms with Crippen LogP contribution < -0.4 is 14.8 Å². The van der Waals surface area contributed by atoms with Gasteiger partial charge in [0.15, 0.2) is 6.10 Å². The lowest BCUT2D eigenvalue weighted by molar-refractivity contribution is -0.141. The SMILES string of the molecule is CC(Oc1ccccc1C#N)C(=O)Oc1ccc(CCNC(=O)c2ccc(Cl)cc2)cc1. The van der Waals surface area contributed by atoms with Gasteiger partial charge in [-0.15, -0.1) is 0 Å². The molecule has 1 unspecified atom stereocenters. The molecule has 0 bridgehead atoms. The molecule has 162 valence electrons. The number of benzene rings is 3. The third-order valence-corrected chi connectivity index (χ3v) is 4.84. The minimum Gasteiger partial charge on any atom is -0.478 e. The van der Waals surface area contributed by atoms with Crippen LogP contribution in [-0.4, -0.2) is 24.5 Å². The van der Waals surface area contributed by atoms with Crippen molar-refractivity contribution < 1.29 is 19.1 Å². The van der Waals surface area contributed by atoms with Gasteiger partial charge in [-0.2, -0.15) is 5.26 Å². The number of nitriles is 1. The molecule has 1 atom stereocenters. The third-order valence-electron chi connectivity index (χ3n) is 4.59. The van der Waals surface area contributed by atoms with E-state index < -0.39 is 12.1 Å². The Kier molecular flexibility index (Phi) is 7.85. The molecule has 0 saturated heterocycles. The number of nitrogens with zero attached hydrogens (tertiary/aromatic N) is 1. The second-order valence-electron chi connectivity index (χ2n) is 6.95. The maximum Gasteiger partial charge on any atom is 0.352 e. The Hall–Kier alpha value is -3.82. The summed E-state index contributed by atoms with van der Waals surface area (Å²) in [5.41, 5.74) is 1.87. The molecule has 0 heterocycles. The fourth-order valence-electron chi connectivity index (χ4n) is 2.85. The van der Waals surface area contributed by atoms with Crippen LogP contribution in [0.4, 0.5) is 0 Å². The van der Waals surface area contributed by atoms with E-state index in [0.29, 0.717) is 40.6 Å². The molecule has 0 radical (unpaired) electrons. The van der Waals surface area contributed by atoms with Crippen molar-refractivity contribution in [3.05, 3.63) is 94.5 Å². The molecule has 0 aliphatic carbocycles. The predicted octanol–water partition coefficient (Wildman–Crippen LogP) is 4.56. The van der Waals surface area contributed by atoms with Crippen molar-refractivity contribution in [1.29, 1.82) is 5.26 Å². The maximum absolute atomic E-state index is 12.3. The summed E-state index contributed by atoms with van der Waals surface area (Å²) in [4.78, 5) is 24.4. The summed E-state index contributed by atoms with van der Waals surface area (Å²) in [6.45, 7) is 2.03. The number of esters is 1. The van der Waals surface area contributed by atoms with Gasteiger partial charge in [-0.25, -0.2) is 4.79 Å². The first-order chi connectivity index (χ1) is 15.5. The topological polar surface area (TPSA) is 88.4 Å². The van der Waals surface area contributed by atoms with Crippen LogP contribution in [0.1, 0.15) is 28.4 Å². The van der Waals surface area contributed by atoms with Crippen LogP contribution in [0.15, 0.2) is 72.8 Å². The standard InChI is InChI=1S/C25H21ClN2O4/c1-17(31-23-5-3-2-4-20(23)16-27)25(30)32-22-12-6-18(7-13-22)14-15-28-24(29)19-8-10-21(26)11-9-19/h2-13,17H,14-15H2,1H3,(H,28,29). The second-order valence-corrected chi connectivity index (χ2v) is 7.38. The summed E-state index contributed by atoms with van der Waals surface area (Å²) >= 11 is 5.83. The van der Waals surface area contributed by atoms with Crippen LogP contribution in [0.25, 0.3) is 0 Å². The summed E-state index contributed by atoms with van der Waals surface area (Å²) in [5, 5.41) is 12.6. The Morgan fingerprint density at radius 1 is 1.03 bits per heavy atom. The van der Waals surface area contributed by atoms with Crippen LogP contribution in [0.2, 0.25) is 5.02 Å². The highest BCUT2D eigenvalue weighted by atomic mass is 35.5. The van der Waals surface area contributed by atoms with Crippen LogP contribution in [0.5, 0.6) is 11.5 Å². The molecule has 0 aromatic heterocycles. The van der Waals surface area contributed by atoms with Gasteiger partial charge in [0.25, 0.3) is 5.91 Å². The quantitative estimate of drug-likeness (QED) is 0.403. The molecular formula is C25H21ClN2O4. The van der Waals surface area contributed by atoms with E-state index in [9.17, 15) is 9.59 Å². The first-order valence-electron chi connectivity index (χ1n) is 9.96. The van der Waals surface area contributed by atoms with Crippen molar-refractivity contribution in [3.8, 4) is 17.6 Å². The molecule has 0 fully saturated rings. The lowest BCUT2D eigenvalue weighted by Gasteiger charge is -2.14. The van der Waals surface area contributed by atoms with Gasteiger partial charge < -0.3 is 14.8 Å². The highest BCUT2D eigenvalue weighted by Gasteiger charge is 2.18. The number of amides is 1. The highest BCUT2D eigenvalue weighted by Crippen LogP contribution is 2.19. The van der Waals surface area contributed by atoms with Gasteiger partial charge in [0.2, 0.25) is 0 Å². The number of carbonyl (C=O) groups is 2. The monoisotopic (exact) mass is 448 g/mol. The van der Waals surface area contributed by atoms with Gasteiger partial charge in [0, 0.05) is 17.1 Å². The smallest absolute Gasteiger partial charge is 0.352 e. The summed E-state index contributed by atoms with van der Waals surface area (Å²) in [7, 11) is 0. The van der Waals surface area contributed by atoms with Gasteiger partial charge in [-0.3, -0.25) is 4.79 Å². The molecule has 1 N–H and O–H groups in total. The van der Waals surface area contributed by atoms with Gasteiger partial charge >= 0.3 is 5.97 Å². The van der Waals surface area contributed by atoms with E-state index in [2.05, 4.69) is 5.32 Å². The predicted molar refractivity (Wildman–Crippen MR) is 121 cm³/mol. The average molecular weight is 449 g/mol. The number of ether oxygens (including phenoxy) is 2. The zero-order valence-corrected chi connectivity index (χ0v) is 18.1. The molecule has 0 aliphatic rings. The molecule has 3 rings (SSSR count). The Balaban J connectivity index is 1.47. The van der Waals surface area contributed by atoms with E-state index in [1.165, 1.54) is 0 Å².